The van der Waals surface area contributed by atoms with Gasteiger partial charge in [0.1, 0.15) is 5.69 Å². The zero-order valence-corrected chi connectivity index (χ0v) is 17.2. The van der Waals surface area contributed by atoms with E-state index >= 15 is 0 Å². The predicted molar refractivity (Wildman–Crippen MR) is 117 cm³/mol. The maximum atomic E-state index is 12.6. The van der Waals surface area contributed by atoms with Crippen molar-refractivity contribution in [1.29, 1.82) is 0 Å². The van der Waals surface area contributed by atoms with Crippen molar-refractivity contribution >= 4 is 22.8 Å². The van der Waals surface area contributed by atoms with Crippen LogP contribution in [-0.2, 0) is 18.3 Å². The third-order valence-corrected chi connectivity index (χ3v) is 5.28. The molecule has 0 bridgehead atoms. The van der Waals surface area contributed by atoms with E-state index in [0.29, 0.717) is 12.2 Å². The van der Waals surface area contributed by atoms with E-state index in [1.807, 2.05) is 24.3 Å². The van der Waals surface area contributed by atoms with Gasteiger partial charge in [-0.2, -0.15) is 0 Å². The fraction of sp³-hybridized carbons (Fsp3) is 0.273. The number of ether oxygens (including phenoxy) is 1. The highest BCUT2D eigenvalue weighted by molar-refractivity contribution is 6.07. The van der Waals surface area contributed by atoms with Gasteiger partial charge in [-0.15, -0.1) is 0 Å². The number of nitrogens with one attached hydrogen (secondary N) is 1. The van der Waals surface area contributed by atoms with Crippen LogP contribution in [0.2, 0.25) is 0 Å². The minimum atomic E-state index is -0.487. The van der Waals surface area contributed by atoms with Crippen LogP contribution in [0.15, 0.2) is 54.9 Å². The lowest BCUT2D eigenvalue weighted by Crippen LogP contribution is -2.36. The average Bonchev–Trinajstić information content (AvgIpc) is 3.23. The summed E-state index contributed by atoms with van der Waals surface area (Å²) in [6.07, 6.45) is 3.17. The summed E-state index contributed by atoms with van der Waals surface area (Å²) in [5.74, 6) is -0.129. The third-order valence-electron chi connectivity index (χ3n) is 5.28. The number of ketones is 1. The molecule has 1 N–H and O–H groups in total. The van der Waals surface area contributed by atoms with Crippen LogP contribution in [0, 0.1) is 10.1 Å². The summed E-state index contributed by atoms with van der Waals surface area (Å²) in [6, 6.07) is 12.5. The van der Waals surface area contributed by atoms with E-state index in [4.69, 9.17) is 4.74 Å². The molecule has 2 heterocycles. The van der Waals surface area contributed by atoms with Crippen molar-refractivity contribution in [2.75, 3.05) is 36.5 Å². The quantitative estimate of drug-likeness (QED) is 0.355. The Morgan fingerprint density at radius 3 is 2.58 bits per heavy atom. The normalized spacial score (nSPS) is 13.8. The molecule has 3 aromatic rings. The molecule has 0 unspecified atom stereocenters. The summed E-state index contributed by atoms with van der Waals surface area (Å²) < 4.78 is 6.96. The molecule has 9 heteroatoms. The number of nitro groups is 1. The summed E-state index contributed by atoms with van der Waals surface area (Å²) in [7, 11) is 1.70. The molecule has 0 aliphatic carbocycles. The Bertz CT molecular complexity index is 1090. The molecule has 0 spiro atoms. The highest BCUT2D eigenvalue weighted by Crippen LogP contribution is 2.27. The summed E-state index contributed by atoms with van der Waals surface area (Å²) >= 11 is 0. The smallest absolute Gasteiger partial charge is 0.293 e. The van der Waals surface area contributed by atoms with Crippen molar-refractivity contribution in [2.24, 2.45) is 7.05 Å². The lowest BCUT2D eigenvalue weighted by atomic mass is 10.1. The maximum absolute atomic E-state index is 12.6. The number of hydrogen-bond donors (Lipinski definition) is 1. The molecule has 1 aliphatic heterocycles. The summed E-state index contributed by atoms with van der Waals surface area (Å²) in [6.45, 7) is 3.62. The van der Waals surface area contributed by atoms with Crippen LogP contribution in [0.25, 0.3) is 0 Å². The van der Waals surface area contributed by atoms with E-state index < -0.39 is 4.92 Å². The fourth-order valence-electron chi connectivity index (χ4n) is 3.53. The van der Waals surface area contributed by atoms with Gasteiger partial charge < -0.3 is 19.5 Å². The standard InChI is InChI=1S/C22H23N5O4/c1-25-9-8-23-22(25)21(28)17-4-7-19(20(14-17)27(29)30)24-15-16-2-5-18(6-3-16)26-10-12-31-13-11-26/h2-9,14,24H,10-13,15H2,1H3. The summed E-state index contributed by atoms with van der Waals surface area (Å²) in [5, 5.41) is 14.7. The Labute approximate surface area is 179 Å². The predicted octanol–water partition coefficient (Wildman–Crippen LogP) is 3.01. The first kappa shape index (κ1) is 20.5. The number of imidazole rings is 1. The van der Waals surface area contributed by atoms with Crippen molar-refractivity contribution in [1.82, 2.24) is 9.55 Å². The topological polar surface area (TPSA) is 103 Å². The van der Waals surface area contributed by atoms with Crippen molar-refractivity contribution in [3.63, 3.8) is 0 Å². The number of aryl methyl sites for hydroxylation is 1. The number of rotatable bonds is 7. The number of nitrogens with zero attached hydrogens (tertiary/aromatic N) is 4. The minimum Gasteiger partial charge on any atom is -0.378 e. The Balaban J connectivity index is 1.47. The second-order valence-corrected chi connectivity index (χ2v) is 7.30. The van der Waals surface area contributed by atoms with Gasteiger partial charge in [-0.25, -0.2) is 4.98 Å². The number of morpholine rings is 1. The summed E-state index contributed by atoms with van der Waals surface area (Å²) in [5.41, 5.74) is 2.57. The average molecular weight is 421 g/mol. The molecule has 0 radical (unpaired) electrons. The van der Waals surface area contributed by atoms with Crippen molar-refractivity contribution in [2.45, 2.75) is 6.54 Å². The van der Waals surface area contributed by atoms with Crippen molar-refractivity contribution < 1.29 is 14.5 Å². The van der Waals surface area contributed by atoms with E-state index in [0.717, 1.165) is 37.6 Å². The lowest BCUT2D eigenvalue weighted by Gasteiger charge is -2.28. The van der Waals surface area contributed by atoms with Crippen LogP contribution in [-0.4, -0.2) is 46.6 Å². The van der Waals surface area contributed by atoms with Gasteiger partial charge in [0.05, 0.1) is 18.1 Å². The molecule has 0 atom stereocenters. The Morgan fingerprint density at radius 2 is 1.94 bits per heavy atom. The van der Waals surface area contributed by atoms with Crippen molar-refractivity contribution in [3.8, 4) is 0 Å². The molecule has 31 heavy (non-hydrogen) atoms. The van der Waals surface area contributed by atoms with E-state index in [1.54, 1.807) is 29.9 Å². The zero-order chi connectivity index (χ0) is 21.8. The van der Waals surface area contributed by atoms with Gasteiger partial charge in [0.25, 0.3) is 5.69 Å². The molecule has 9 nitrogen and oxygen atoms in total. The second kappa shape index (κ2) is 8.97. The number of nitro benzene ring substituents is 1. The van der Waals surface area contributed by atoms with Crippen LogP contribution in [0.5, 0.6) is 0 Å². The number of benzene rings is 2. The van der Waals surface area contributed by atoms with Crippen LogP contribution in [0.3, 0.4) is 0 Å². The molecule has 1 aliphatic rings. The van der Waals surface area contributed by atoms with Crippen LogP contribution < -0.4 is 10.2 Å². The first-order chi connectivity index (χ1) is 15.0. The molecule has 1 aromatic heterocycles. The molecule has 2 aromatic carbocycles. The minimum absolute atomic E-state index is 0.148. The number of hydrogen-bond acceptors (Lipinski definition) is 7. The highest BCUT2D eigenvalue weighted by atomic mass is 16.6. The first-order valence-electron chi connectivity index (χ1n) is 9.99. The maximum Gasteiger partial charge on any atom is 0.293 e. The molecular weight excluding hydrogens is 398 g/mol. The van der Waals surface area contributed by atoms with Gasteiger partial charge in [-0.1, -0.05) is 12.1 Å². The van der Waals surface area contributed by atoms with E-state index in [2.05, 4.69) is 15.2 Å². The van der Waals surface area contributed by atoms with E-state index in [9.17, 15) is 14.9 Å². The van der Waals surface area contributed by atoms with Gasteiger partial charge in [-0.3, -0.25) is 14.9 Å². The molecular formula is C22H23N5O4. The van der Waals surface area contributed by atoms with Gasteiger partial charge in [-0.05, 0) is 29.8 Å². The van der Waals surface area contributed by atoms with Gasteiger partial charge in [0.15, 0.2) is 5.82 Å². The molecule has 4 rings (SSSR count). The number of aromatic nitrogens is 2. The zero-order valence-electron chi connectivity index (χ0n) is 17.2. The SMILES string of the molecule is Cn1ccnc1C(=O)c1ccc(NCc2ccc(N3CCOCC3)cc2)c([N+](=O)[O-])c1. The highest BCUT2D eigenvalue weighted by Gasteiger charge is 2.20. The second-order valence-electron chi connectivity index (χ2n) is 7.30. The molecule has 0 saturated carbocycles. The van der Waals surface area contributed by atoms with Crippen LogP contribution in [0.4, 0.5) is 17.1 Å². The van der Waals surface area contributed by atoms with Gasteiger partial charge >= 0.3 is 0 Å². The van der Waals surface area contributed by atoms with E-state index in [-0.39, 0.29) is 22.9 Å². The lowest BCUT2D eigenvalue weighted by molar-refractivity contribution is -0.384. The molecule has 1 saturated heterocycles. The molecule has 160 valence electrons. The van der Waals surface area contributed by atoms with Crippen LogP contribution in [0.1, 0.15) is 21.7 Å². The Morgan fingerprint density at radius 1 is 1.19 bits per heavy atom. The first-order valence-corrected chi connectivity index (χ1v) is 9.99. The Kier molecular flexibility index (Phi) is 5.94. The molecule has 1 fully saturated rings. The Hall–Kier alpha value is -3.72. The van der Waals surface area contributed by atoms with Crippen LogP contribution >= 0.6 is 0 Å². The summed E-state index contributed by atoms with van der Waals surface area (Å²) in [4.78, 5) is 30.0. The van der Waals surface area contributed by atoms with Gasteiger partial charge in [0.2, 0.25) is 5.78 Å². The number of anilines is 2. The van der Waals surface area contributed by atoms with E-state index in [1.165, 1.54) is 12.3 Å². The fourth-order valence-corrected chi connectivity index (χ4v) is 3.53. The number of carbonyl (C=O) groups is 1. The third kappa shape index (κ3) is 4.56. The largest absolute Gasteiger partial charge is 0.378 e. The number of carbonyl (C=O) groups excluding carboxylic acids is 1. The monoisotopic (exact) mass is 421 g/mol. The molecule has 0 amide bonds. The van der Waals surface area contributed by atoms with Crippen molar-refractivity contribution in [3.05, 3.63) is 81.9 Å². The van der Waals surface area contributed by atoms with Gasteiger partial charge in [0, 0.05) is 56.4 Å².